The van der Waals surface area contributed by atoms with Gasteiger partial charge in [-0.3, -0.25) is 4.79 Å². The number of ether oxygens (including phenoxy) is 2. The number of hydrogen-bond acceptors (Lipinski definition) is 4. The molecule has 2 aliphatic heterocycles. The number of likely N-dealkylation sites (tertiary alicyclic amines) is 1. The number of carboxylic acids is 1. The Kier molecular flexibility index (Phi) is 6.05. The molecule has 1 saturated heterocycles. The molecule has 0 unspecified atom stereocenters. The molecule has 0 amide bonds. The molecule has 2 aromatic carbocycles. The molecule has 154 valence electrons. The minimum absolute atomic E-state index is 0.0703. The monoisotopic (exact) mass is 395 g/mol. The summed E-state index contributed by atoms with van der Waals surface area (Å²) in [6.07, 6.45) is 4.24. The molecular formula is C24H29NO4. The van der Waals surface area contributed by atoms with Crippen LogP contribution in [-0.4, -0.2) is 48.8 Å². The molecule has 0 aliphatic carbocycles. The number of rotatable bonds is 8. The van der Waals surface area contributed by atoms with Crippen molar-refractivity contribution in [1.82, 2.24) is 4.90 Å². The third kappa shape index (κ3) is 4.73. The van der Waals surface area contributed by atoms with Crippen molar-refractivity contribution in [3.8, 4) is 11.5 Å². The molecule has 0 aromatic heterocycles. The van der Waals surface area contributed by atoms with E-state index in [9.17, 15) is 4.79 Å². The lowest BCUT2D eigenvalue weighted by Crippen LogP contribution is -2.44. The van der Waals surface area contributed by atoms with Gasteiger partial charge in [0.2, 0.25) is 0 Å². The second-order valence-corrected chi connectivity index (χ2v) is 8.15. The van der Waals surface area contributed by atoms with E-state index < -0.39 is 5.97 Å². The summed E-state index contributed by atoms with van der Waals surface area (Å²) in [4.78, 5) is 13.0. The number of carboxylic acid groups (broad SMARTS) is 1. The molecule has 2 heterocycles. The Bertz CT molecular complexity index is 828. The summed E-state index contributed by atoms with van der Waals surface area (Å²) in [5.74, 6) is 1.09. The van der Waals surface area contributed by atoms with Crippen LogP contribution in [0.5, 0.6) is 11.5 Å². The van der Waals surface area contributed by atoms with Gasteiger partial charge in [-0.1, -0.05) is 36.4 Å². The summed E-state index contributed by atoms with van der Waals surface area (Å²) in [7, 11) is 0. The van der Waals surface area contributed by atoms with Gasteiger partial charge in [-0.2, -0.15) is 0 Å². The van der Waals surface area contributed by atoms with Crippen LogP contribution in [0.3, 0.4) is 0 Å². The first-order valence-electron chi connectivity index (χ1n) is 10.5. The minimum Gasteiger partial charge on any atom is -0.493 e. The third-order valence-corrected chi connectivity index (χ3v) is 6.20. The molecule has 1 spiro atoms. The minimum atomic E-state index is -0.726. The first-order chi connectivity index (χ1) is 14.1. The van der Waals surface area contributed by atoms with Gasteiger partial charge < -0.3 is 19.5 Å². The summed E-state index contributed by atoms with van der Waals surface area (Å²) in [5, 5.41) is 8.88. The van der Waals surface area contributed by atoms with E-state index in [0.29, 0.717) is 19.8 Å². The van der Waals surface area contributed by atoms with Gasteiger partial charge in [0.1, 0.15) is 11.5 Å². The molecule has 0 radical (unpaired) electrons. The van der Waals surface area contributed by atoms with E-state index in [1.54, 1.807) is 0 Å². The fourth-order valence-corrected chi connectivity index (χ4v) is 4.43. The Morgan fingerprint density at radius 3 is 2.69 bits per heavy atom. The Hall–Kier alpha value is -2.53. The summed E-state index contributed by atoms with van der Waals surface area (Å²) in [6.45, 7) is 3.89. The Balaban J connectivity index is 1.29. The van der Waals surface area contributed by atoms with Gasteiger partial charge in [0.05, 0.1) is 19.6 Å². The lowest BCUT2D eigenvalue weighted by Gasteiger charge is -2.38. The molecule has 2 aromatic rings. The van der Waals surface area contributed by atoms with Crippen LogP contribution in [-0.2, 0) is 16.6 Å². The van der Waals surface area contributed by atoms with Crippen LogP contribution in [0.1, 0.15) is 36.8 Å². The van der Waals surface area contributed by atoms with Gasteiger partial charge in [-0.15, -0.1) is 0 Å². The number of nitrogens with zero attached hydrogens (tertiary/aromatic N) is 1. The molecule has 5 nitrogen and oxygen atoms in total. The quantitative estimate of drug-likeness (QED) is 0.687. The predicted octanol–water partition coefficient (Wildman–Crippen LogP) is 3.90. The third-order valence-electron chi connectivity index (χ3n) is 6.20. The number of piperidine rings is 1. The first-order valence-corrected chi connectivity index (χ1v) is 10.5. The van der Waals surface area contributed by atoms with Gasteiger partial charge in [-0.25, -0.2) is 0 Å². The summed E-state index contributed by atoms with van der Waals surface area (Å²) in [5.41, 5.74) is 2.69. The molecule has 1 fully saturated rings. The van der Waals surface area contributed by atoms with E-state index in [1.807, 2.05) is 12.1 Å². The number of aliphatic carboxylic acids is 1. The van der Waals surface area contributed by atoms with Crippen LogP contribution >= 0.6 is 0 Å². The van der Waals surface area contributed by atoms with Crippen LogP contribution in [0.4, 0.5) is 0 Å². The smallest absolute Gasteiger partial charge is 0.304 e. The van der Waals surface area contributed by atoms with Crippen molar-refractivity contribution < 1.29 is 19.4 Å². The molecule has 4 rings (SSSR count). The van der Waals surface area contributed by atoms with Crippen molar-refractivity contribution in [2.24, 2.45) is 0 Å². The lowest BCUT2D eigenvalue weighted by molar-refractivity contribution is -0.137. The Morgan fingerprint density at radius 2 is 1.93 bits per heavy atom. The number of benzene rings is 2. The van der Waals surface area contributed by atoms with Crippen LogP contribution in [0.25, 0.3) is 0 Å². The van der Waals surface area contributed by atoms with Crippen molar-refractivity contribution in [3.63, 3.8) is 0 Å². The maximum atomic E-state index is 10.8. The molecule has 29 heavy (non-hydrogen) atoms. The van der Waals surface area contributed by atoms with E-state index in [0.717, 1.165) is 50.3 Å². The van der Waals surface area contributed by atoms with E-state index >= 15 is 0 Å². The highest BCUT2D eigenvalue weighted by molar-refractivity contribution is 5.66. The SMILES string of the molecule is O=C(O)CCN1CCC2(CC1)COc1cc(OCCCc3ccccc3)ccc12. The molecule has 1 N–H and O–H groups in total. The fraction of sp³-hybridized carbons (Fsp3) is 0.458. The molecular weight excluding hydrogens is 366 g/mol. The first kappa shape index (κ1) is 19.8. The number of carbonyl (C=O) groups is 1. The van der Waals surface area contributed by atoms with Crippen molar-refractivity contribution in [2.45, 2.75) is 37.5 Å². The highest BCUT2D eigenvalue weighted by Gasteiger charge is 2.43. The van der Waals surface area contributed by atoms with Crippen LogP contribution < -0.4 is 9.47 Å². The highest BCUT2D eigenvalue weighted by atomic mass is 16.5. The van der Waals surface area contributed by atoms with E-state index in [-0.39, 0.29) is 11.8 Å². The van der Waals surface area contributed by atoms with Crippen molar-refractivity contribution in [2.75, 3.05) is 32.8 Å². The lowest BCUT2D eigenvalue weighted by atomic mass is 9.74. The van der Waals surface area contributed by atoms with E-state index in [4.69, 9.17) is 14.6 Å². The highest BCUT2D eigenvalue weighted by Crippen LogP contribution is 2.46. The maximum absolute atomic E-state index is 10.8. The fourth-order valence-electron chi connectivity index (χ4n) is 4.43. The topological polar surface area (TPSA) is 59.0 Å². The van der Waals surface area contributed by atoms with E-state index in [2.05, 4.69) is 41.3 Å². The number of aryl methyl sites for hydroxylation is 1. The van der Waals surface area contributed by atoms with Gasteiger partial charge in [0.15, 0.2) is 0 Å². The largest absolute Gasteiger partial charge is 0.493 e. The molecule has 5 heteroatoms. The Morgan fingerprint density at radius 1 is 1.14 bits per heavy atom. The van der Waals surface area contributed by atoms with Crippen LogP contribution in [0.15, 0.2) is 48.5 Å². The normalized spacial score (nSPS) is 17.7. The van der Waals surface area contributed by atoms with Crippen LogP contribution in [0, 0.1) is 0 Å². The standard InChI is InChI=1S/C24H29NO4/c26-23(27)10-13-25-14-11-24(12-15-25)18-29-22-17-20(8-9-21(22)24)28-16-4-7-19-5-2-1-3-6-19/h1-3,5-6,8-9,17H,4,7,10-16,18H2,(H,26,27). The molecule has 2 aliphatic rings. The van der Waals surface area contributed by atoms with Gasteiger partial charge in [-0.05, 0) is 50.4 Å². The van der Waals surface area contributed by atoms with E-state index in [1.165, 1.54) is 11.1 Å². The van der Waals surface area contributed by atoms with Crippen molar-refractivity contribution in [1.29, 1.82) is 0 Å². The number of fused-ring (bicyclic) bond motifs is 2. The molecule has 0 saturated carbocycles. The molecule has 0 bridgehead atoms. The van der Waals surface area contributed by atoms with Gasteiger partial charge >= 0.3 is 5.97 Å². The van der Waals surface area contributed by atoms with Crippen molar-refractivity contribution in [3.05, 3.63) is 59.7 Å². The zero-order valence-electron chi connectivity index (χ0n) is 16.8. The average molecular weight is 395 g/mol. The van der Waals surface area contributed by atoms with Crippen molar-refractivity contribution >= 4 is 5.97 Å². The zero-order chi connectivity index (χ0) is 20.1. The second kappa shape index (κ2) is 8.87. The summed E-state index contributed by atoms with van der Waals surface area (Å²) in [6, 6.07) is 16.7. The Labute approximate surface area is 172 Å². The van der Waals surface area contributed by atoms with Crippen LogP contribution in [0.2, 0.25) is 0 Å². The van der Waals surface area contributed by atoms with Gasteiger partial charge in [0, 0.05) is 23.6 Å². The van der Waals surface area contributed by atoms with Gasteiger partial charge in [0.25, 0.3) is 0 Å². The summed E-state index contributed by atoms with van der Waals surface area (Å²) < 4.78 is 12.0. The molecule has 0 atom stereocenters. The number of hydrogen-bond donors (Lipinski definition) is 1. The second-order valence-electron chi connectivity index (χ2n) is 8.15. The average Bonchev–Trinajstić information content (AvgIpc) is 3.09. The predicted molar refractivity (Wildman–Crippen MR) is 112 cm³/mol. The summed E-state index contributed by atoms with van der Waals surface area (Å²) >= 11 is 0. The zero-order valence-corrected chi connectivity index (χ0v) is 16.8. The maximum Gasteiger partial charge on any atom is 0.304 e.